The Morgan fingerprint density at radius 1 is 1.14 bits per heavy atom. The summed E-state index contributed by atoms with van der Waals surface area (Å²) in [5, 5.41) is 3.86. The molecule has 0 amide bonds. The molecule has 3 nitrogen and oxygen atoms in total. The first kappa shape index (κ1) is 8.62. The number of nitrogens with zero attached hydrogens (tertiary/aromatic N) is 2. The van der Waals surface area contributed by atoms with Gasteiger partial charge in [-0.15, -0.1) is 0 Å². The summed E-state index contributed by atoms with van der Waals surface area (Å²) in [6.45, 7) is 0. The second kappa shape index (κ2) is 3.41. The maximum atomic E-state index is 12.6. The number of aromatic nitrogens is 2. The van der Waals surface area contributed by atoms with Gasteiger partial charge in [-0.3, -0.25) is 4.79 Å². The van der Waals surface area contributed by atoms with Gasteiger partial charge in [0.05, 0.1) is 5.69 Å². The van der Waals surface area contributed by atoms with Crippen molar-refractivity contribution in [2.45, 2.75) is 0 Å². The van der Waals surface area contributed by atoms with Gasteiger partial charge in [-0.2, -0.15) is 9.78 Å². The molecular weight excluding hydrogens is 183 g/mol. The Labute approximate surface area is 79.4 Å². The summed E-state index contributed by atoms with van der Waals surface area (Å²) in [7, 11) is 0. The standard InChI is InChI=1S/C10H7FN2O/c11-8-3-5-9(6-4-8)13-10(14)2-1-7-12-13/h1-7H. The molecule has 0 aliphatic rings. The number of halogens is 1. The van der Waals surface area contributed by atoms with Crippen LogP contribution in [0, 0.1) is 5.82 Å². The van der Waals surface area contributed by atoms with E-state index in [9.17, 15) is 9.18 Å². The second-order valence-electron chi connectivity index (χ2n) is 2.75. The van der Waals surface area contributed by atoms with Gasteiger partial charge in [-0.05, 0) is 30.3 Å². The van der Waals surface area contributed by atoms with E-state index in [4.69, 9.17) is 0 Å². The third-order valence-corrected chi connectivity index (χ3v) is 1.79. The summed E-state index contributed by atoms with van der Waals surface area (Å²) in [6, 6.07) is 8.54. The normalized spacial score (nSPS) is 10.1. The van der Waals surface area contributed by atoms with Crippen molar-refractivity contribution in [1.82, 2.24) is 9.78 Å². The molecule has 0 atom stereocenters. The van der Waals surface area contributed by atoms with E-state index in [0.29, 0.717) is 5.69 Å². The molecule has 1 heterocycles. The molecule has 0 radical (unpaired) electrons. The molecule has 0 saturated carbocycles. The highest BCUT2D eigenvalue weighted by molar-refractivity contribution is 5.30. The van der Waals surface area contributed by atoms with Crippen molar-refractivity contribution in [3.8, 4) is 5.69 Å². The fraction of sp³-hybridized carbons (Fsp3) is 0. The van der Waals surface area contributed by atoms with Gasteiger partial charge < -0.3 is 0 Å². The van der Waals surface area contributed by atoms with Crippen molar-refractivity contribution in [1.29, 1.82) is 0 Å². The maximum Gasteiger partial charge on any atom is 0.271 e. The third kappa shape index (κ3) is 1.54. The Morgan fingerprint density at radius 2 is 1.86 bits per heavy atom. The van der Waals surface area contributed by atoms with Crippen LogP contribution in [-0.2, 0) is 0 Å². The molecule has 0 N–H and O–H groups in total. The average Bonchev–Trinajstić information content (AvgIpc) is 2.20. The van der Waals surface area contributed by atoms with E-state index in [0.717, 1.165) is 0 Å². The van der Waals surface area contributed by atoms with E-state index in [1.54, 1.807) is 6.07 Å². The van der Waals surface area contributed by atoms with Gasteiger partial charge in [0, 0.05) is 12.3 Å². The van der Waals surface area contributed by atoms with E-state index in [1.807, 2.05) is 0 Å². The first-order chi connectivity index (χ1) is 6.77. The quantitative estimate of drug-likeness (QED) is 0.680. The molecule has 4 heteroatoms. The zero-order chi connectivity index (χ0) is 9.97. The molecule has 2 rings (SSSR count). The van der Waals surface area contributed by atoms with Gasteiger partial charge in [-0.1, -0.05) is 0 Å². The topological polar surface area (TPSA) is 34.9 Å². The fourth-order valence-electron chi connectivity index (χ4n) is 1.13. The van der Waals surface area contributed by atoms with Crippen molar-refractivity contribution in [3.05, 3.63) is 58.8 Å². The minimum atomic E-state index is -0.335. The van der Waals surface area contributed by atoms with Crippen molar-refractivity contribution < 1.29 is 4.39 Å². The van der Waals surface area contributed by atoms with Crippen LogP contribution in [0.5, 0.6) is 0 Å². The van der Waals surface area contributed by atoms with Gasteiger partial charge in [0.25, 0.3) is 5.56 Å². The van der Waals surface area contributed by atoms with Crippen molar-refractivity contribution in [3.63, 3.8) is 0 Å². The van der Waals surface area contributed by atoms with Gasteiger partial charge in [0.2, 0.25) is 0 Å². The molecule has 1 aromatic carbocycles. The average molecular weight is 190 g/mol. The van der Waals surface area contributed by atoms with Crippen molar-refractivity contribution >= 4 is 0 Å². The highest BCUT2D eigenvalue weighted by Crippen LogP contribution is 2.04. The monoisotopic (exact) mass is 190 g/mol. The van der Waals surface area contributed by atoms with Crippen LogP contribution in [0.1, 0.15) is 0 Å². The van der Waals surface area contributed by atoms with E-state index in [1.165, 1.54) is 41.2 Å². The van der Waals surface area contributed by atoms with Crippen LogP contribution in [0.15, 0.2) is 47.4 Å². The molecule has 70 valence electrons. The van der Waals surface area contributed by atoms with Crippen LogP contribution in [0.2, 0.25) is 0 Å². The lowest BCUT2D eigenvalue weighted by atomic mass is 10.3. The molecule has 0 aliphatic carbocycles. The van der Waals surface area contributed by atoms with Crippen LogP contribution >= 0.6 is 0 Å². The number of hydrogen-bond acceptors (Lipinski definition) is 2. The van der Waals surface area contributed by atoms with Gasteiger partial charge >= 0.3 is 0 Å². The van der Waals surface area contributed by atoms with Gasteiger partial charge in [0.1, 0.15) is 5.82 Å². The molecule has 0 aliphatic heterocycles. The summed E-state index contributed by atoms with van der Waals surface area (Å²) in [4.78, 5) is 11.3. The number of benzene rings is 1. The van der Waals surface area contributed by atoms with Crippen LogP contribution in [0.25, 0.3) is 5.69 Å². The van der Waals surface area contributed by atoms with Gasteiger partial charge in [-0.25, -0.2) is 4.39 Å². The number of rotatable bonds is 1. The van der Waals surface area contributed by atoms with E-state index in [-0.39, 0.29) is 11.4 Å². The van der Waals surface area contributed by atoms with Crippen molar-refractivity contribution in [2.75, 3.05) is 0 Å². The summed E-state index contributed by atoms with van der Waals surface area (Å²) in [5.74, 6) is -0.335. The molecule has 0 unspecified atom stereocenters. The molecule has 0 bridgehead atoms. The Kier molecular flexibility index (Phi) is 2.10. The molecule has 0 spiro atoms. The van der Waals surface area contributed by atoms with Crippen LogP contribution in [-0.4, -0.2) is 9.78 Å². The molecule has 14 heavy (non-hydrogen) atoms. The maximum absolute atomic E-state index is 12.6. The predicted molar refractivity (Wildman–Crippen MR) is 49.8 cm³/mol. The lowest BCUT2D eigenvalue weighted by Crippen LogP contribution is -2.18. The van der Waals surface area contributed by atoms with E-state index < -0.39 is 0 Å². The van der Waals surface area contributed by atoms with Crippen LogP contribution < -0.4 is 5.56 Å². The van der Waals surface area contributed by atoms with Crippen LogP contribution in [0.3, 0.4) is 0 Å². The molecule has 1 aromatic heterocycles. The Balaban J connectivity index is 2.56. The lowest BCUT2D eigenvalue weighted by Gasteiger charge is -2.01. The zero-order valence-electron chi connectivity index (χ0n) is 7.22. The highest BCUT2D eigenvalue weighted by atomic mass is 19.1. The number of hydrogen-bond donors (Lipinski definition) is 0. The molecular formula is C10H7FN2O. The highest BCUT2D eigenvalue weighted by Gasteiger charge is 1.98. The van der Waals surface area contributed by atoms with Crippen LogP contribution in [0.4, 0.5) is 4.39 Å². The predicted octanol–water partition coefficient (Wildman–Crippen LogP) is 1.37. The summed E-state index contributed by atoms with van der Waals surface area (Å²) >= 11 is 0. The largest absolute Gasteiger partial charge is 0.271 e. The zero-order valence-corrected chi connectivity index (χ0v) is 7.22. The third-order valence-electron chi connectivity index (χ3n) is 1.79. The lowest BCUT2D eigenvalue weighted by molar-refractivity contribution is 0.626. The van der Waals surface area contributed by atoms with E-state index in [2.05, 4.69) is 5.10 Å². The summed E-state index contributed by atoms with van der Waals surface area (Å²) < 4.78 is 13.8. The fourth-order valence-corrected chi connectivity index (χ4v) is 1.13. The molecule has 2 aromatic rings. The summed E-state index contributed by atoms with van der Waals surface area (Å²) in [6.07, 6.45) is 1.50. The first-order valence-electron chi connectivity index (χ1n) is 4.08. The SMILES string of the molecule is O=c1cccnn1-c1ccc(F)cc1. The molecule has 0 fully saturated rings. The summed E-state index contributed by atoms with van der Waals surface area (Å²) in [5.41, 5.74) is 0.316. The van der Waals surface area contributed by atoms with Crippen molar-refractivity contribution in [2.24, 2.45) is 0 Å². The minimum absolute atomic E-state index is 0.237. The Hall–Kier alpha value is -1.97. The minimum Gasteiger partial charge on any atom is -0.267 e. The van der Waals surface area contributed by atoms with E-state index >= 15 is 0 Å². The Bertz CT molecular complexity index is 490. The molecule has 0 saturated heterocycles. The smallest absolute Gasteiger partial charge is 0.267 e. The Morgan fingerprint density at radius 3 is 2.50 bits per heavy atom. The second-order valence-corrected chi connectivity index (χ2v) is 2.75. The first-order valence-corrected chi connectivity index (χ1v) is 4.08. The van der Waals surface area contributed by atoms with Gasteiger partial charge in [0.15, 0.2) is 0 Å².